The van der Waals surface area contributed by atoms with Crippen molar-refractivity contribution in [2.75, 3.05) is 45.8 Å². The fraction of sp³-hybridized carbons (Fsp3) is 0.522. The number of hydrogen-bond acceptors (Lipinski definition) is 5. The lowest BCUT2D eigenvalue weighted by Gasteiger charge is -2.38. The zero-order valence-electron chi connectivity index (χ0n) is 18.1. The topological polar surface area (TPSA) is 60.9 Å². The van der Waals surface area contributed by atoms with E-state index < -0.39 is 10.0 Å². The van der Waals surface area contributed by atoms with E-state index >= 15 is 0 Å². The maximum Gasteiger partial charge on any atom is 0.252 e. The number of nitrogens with zero attached hydrogens (tertiary/aromatic N) is 3. The standard InChI is InChI=1S/C23H31N3O3S2/c1-19-9-10-22(30-19)31(28,29)26-12-5-8-21(18-26)23(27)25-16-14-24(15-17-25)13-11-20-6-3-2-4-7-20/h2-4,6-7,9-10,21H,5,8,11-18H2,1H3. The van der Waals surface area contributed by atoms with E-state index in [9.17, 15) is 13.2 Å². The fourth-order valence-corrected chi connectivity index (χ4v) is 7.38. The van der Waals surface area contributed by atoms with Gasteiger partial charge in [0.05, 0.1) is 5.92 Å². The van der Waals surface area contributed by atoms with E-state index in [1.807, 2.05) is 24.0 Å². The first-order chi connectivity index (χ1) is 14.9. The van der Waals surface area contributed by atoms with Crippen LogP contribution < -0.4 is 0 Å². The first kappa shape index (κ1) is 22.5. The number of amides is 1. The molecule has 1 unspecified atom stereocenters. The average Bonchev–Trinajstić information content (AvgIpc) is 3.25. The second-order valence-corrected chi connectivity index (χ2v) is 11.9. The van der Waals surface area contributed by atoms with Gasteiger partial charge in [0.25, 0.3) is 10.0 Å². The Kier molecular flexibility index (Phi) is 7.11. The van der Waals surface area contributed by atoms with Gasteiger partial charge in [0.1, 0.15) is 4.21 Å². The Hall–Kier alpha value is -1.74. The van der Waals surface area contributed by atoms with Crippen LogP contribution in [0.4, 0.5) is 0 Å². The molecule has 168 valence electrons. The number of carbonyl (C=O) groups excluding carboxylic acids is 1. The monoisotopic (exact) mass is 461 g/mol. The molecule has 1 aromatic heterocycles. The van der Waals surface area contributed by atoms with Gasteiger partial charge in [-0.3, -0.25) is 9.69 Å². The highest BCUT2D eigenvalue weighted by molar-refractivity contribution is 7.91. The summed E-state index contributed by atoms with van der Waals surface area (Å²) in [5.74, 6) is -0.120. The van der Waals surface area contributed by atoms with Crippen molar-refractivity contribution in [2.24, 2.45) is 5.92 Å². The predicted molar refractivity (Wildman–Crippen MR) is 124 cm³/mol. The number of rotatable bonds is 6. The van der Waals surface area contributed by atoms with E-state index in [0.717, 1.165) is 56.9 Å². The molecule has 0 radical (unpaired) electrons. The zero-order chi connectivity index (χ0) is 21.8. The minimum Gasteiger partial charge on any atom is -0.340 e. The summed E-state index contributed by atoms with van der Waals surface area (Å²) in [6.45, 7) is 6.90. The smallest absolute Gasteiger partial charge is 0.252 e. The summed E-state index contributed by atoms with van der Waals surface area (Å²) in [6.07, 6.45) is 2.52. The van der Waals surface area contributed by atoms with Gasteiger partial charge in [0.2, 0.25) is 5.91 Å². The Morgan fingerprint density at radius 1 is 1.03 bits per heavy atom. The molecule has 0 spiro atoms. The number of thiophene rings is 1. The number of sulfonamides is 1. The molecule has 2 aromatic rings. The number of piperidine rings is 1. The van der Waals surface area contributed by atoms with Gasteiger partial charge in [-0.25, -0.2) is 8.42 Å². The SMILES string of the molecule is Cc1ccc(S(=O)(=O)N2CCCC(C(=O)N3CCN(CCc4ccccc4)CC3)C2)s1. The van der Waals surface area contributed by atoms with Gasteiger partial charge < -0.3 is 4.90 Å². The molecule has 0 bridgehead atoms. The van der Waals surface area contributed by atoms with Crippen molar-refractivity contribution in [3.05, 3.63) is 52.9 Å². The lowest BCUT2D eigenvalue weighted by Crippen LogP contribution is -2.53. The van der Waals surface area contributed by atoms with Gasteiger partial charge in [-0.05, 0) is 43.9 Å². The summed E-state index contributed by atoms with van der Waals surface area (Å²) >= 11 is 1.30. The molecule has 2 aliphatic heterocycles. The molecule has 0 saturated carbocycles. The van der Waals surface area contributed by atoms with Crippen LogP contribution in [-0.4, -0.2) is 74.2 Å². The highest BCUT2D eigenvalue weighted by atomic mass is 32.2. The van der Waals surface area contributed by atoms with Gasteiger partial charge in [-0.1, -0.05) is 30.3 Å². The largest absolute Gasteiger partial charge is 0.340 e. The van der Waals surface area contributed by atoms with E-state index in [0.29, 0.717) is 17.3 Å². The minimum absolute atomic E-state index is 0.116. The normalized spacial score (nSPS) is 21.3. The van der Waals surface area contributed by atoms with Crippen molar-refractivity contribution in [1.82, 2.24) is 14.1 Å². The first-order valence-electron chi connectivity index (χ1n) is 11.0. The summed E-state index contributed by atoms with van der Waals surface area (Å²) in [6, 6.07) is 14.0. The molecule has 1 amide bonds. The fourth-order valence-electron chi connectivity index (χ4n) is 4.42. The van der Waals surface area contributed by atoms with Gasteiger partial charge in [-0.15, -0.1) is 11.3 Å². The zero-order valence-corrected chi connectivity index (χ0v) is 19.7. The predicted octanol–water partition coefficient (Wildman–Crippen LogP) is 2.84. The Morgan fingerprint density at radius 3 is 2.45 bits per heavy atom. The lowest BCUT2D eigenvalue weighted by atomic mass is 9.97. The molecule has 0 aliphatic carbocycles. The van der Waals surface area contributed by atoms with Gasteiger partial charge >= 0.3 is 0 Å². The van der Waals surface area contributed by atoms with Crippen LogP contribution in [0.2, 0.25) is 0 Å². The second kappa shape index (κ2) is 9.81. The maximum atomic E-state index is 13.1. The number of carbonyl (C=O) groups is 1. The highest BCUT2D eigenvalue weighted by Gasteiger charge is 2.36. The first-order valence-corrected chi connectivity index (χ1v) is 13.3. The highest BCUT2D eigenvalue weighted by Crippen LogP contribution is 2.29. The molecule has 6 nitrogen and oxygen atoms in total. The van der Waals surface area contributed by atoms with E-state index in [1.54, 1.807) is 6.07 Å². The van der Waals surface area contributed by atoms with Crippen LogP contribution in [0, 0.1) is 12.8 Å². The van der Waals surface area contributed by atoms with E-state index in [2.05, 4.69) is 29.2 Å². The van der Waals surface area contributed by atoms with Crippen LogP contribution in [0.3, 0.4) is 0 Å². The third-order valence-corrected chi connectivity index (χ3v) is 9.62. The average molecular weight is 462 g/mol. The molecular weight excluding hydrogens is 430 g/mol. The third-order valence-electron chi connectivity index (χ3n) is 6.29. The third kappa shape index (κ3) is 5.37. The van der Waals surface area contributed by atoms with Crippen LogP contribution in [0.1, 0.15) is 23.3 Å². The van der Waals surface area contributed by atoms with Crippen LogP contribution >= 0.6 is 11.3 Å². The van der Waals surface area contributed by atoms with Crippen molar-refractivity contribution >= 4 is 27.3 Å². The van der Waals surface area contributed by atoms with Crippen molar-refractivity contribution in [3.8, 4) is 0 Å². The van der Waals surface area contributed by atoms with Crippen molar-refractivity contribution < 1.29 is 13.2 Å². The number of hydrogen-bond donors (Lipinski definition) is 0. The Bertz CT molecular complexity index is 983. The molecule has 2 aliphatic rings. The lowest BCUT2D eigenvalue weighted by molar-refractivity contribution is -0.138. The number of piperazine rings is 1. The van der Waals surface area contributed by atoms with E-state index in [1.165, 1.54) is 21.2 Å². The molecule has 1 aromatic carbocycles. The summed E-state index contributed by atoms with van der Waals surface area (Å²) in [4.78, 5) is 18.5. The van der Waals surface area contributed by atoms with Crippen LogP contribution in [-0.2, 0) is 21.2 Å². The van der Waals surface area contributed by atoms with E-state index in [-0.39, 0.29) is 11.8 Å². The van der Waals surface area contributed by atoms with Gasteiger partial charge in [-0.2, -0.15) is 4.31 Å². The number of aryl methyl sites for hydroxylation is 1. The summed E-state index contributed by atoms with van der Waals surface area (Å²) in [5.41, 5.74) is 1.34. The summed E-state index contributed by atoms with van der Waals surface area (Å²) < 4.78 is 27.9. The van der Waals surface area contributed by atoms with E-state index in [4.69, 9.17) is 0 Å². The second-order valence-electron chi connectivity index (χ2n) is 8.47. The maximum absolute atomic E-state index is 13.1. The molecule has 3 heterocycles. The van der Waals surface area contributed by atoms with Crippen LogP contribution in [0.5, 0.6) is 0 Å². The van der Waals surface area contributed by atoms with Crippen LogP contribution in [0.25, 0.3) is 0 Å². The molecule has 2 fully saturated rings. The molecule has 8 heteroatoms. The Morgan fingerprint density at radius 2 is 1.77 bits per heavy atom. The van der Waals surface area contributed by atoms with Gasteiger partial charge in [0, 0.05) is 50.7 Å². The molecule has 1 atom stereocenters. The quantitative estimate of drug-likeness (QED) is 0.664. The Labute approximate surface area is 189 Å². The van der Waals surface area contributed by atoms with Crippen LogP contribution in [0.15, 0.2) is 46.7 Å². The minimum atomic E-state index is -3.51. The molecule has 4 rings (SSSR count). The van der Waals surface area contributed by atoms with Crippen molar-refractivity contribution in [3.63, 3.8) is 0 Å². The number of benzene rings is 1. The molecule has 0 N–H and O–H groups in total. The van der Waals surface area contributed by atoms with Gasteiger partial charge in [0.15, 0.2) is 0 Å². The van der Waals surface area contributed by atoms with Crippen molar-refractivity contribution in [1.29, 1.82) is 0 Å². The molecular formula is C23H31N3O3S2. The molecule has 2 saturated heterocycles. The summed E-state index contributed by atoms with van der Waals surface area (Å²) in [5, 5.41) is 0. The molecule has 31 heavy (non-hydrogen) atoms. The Balaban J connectivity index is 1.29. The summed E-state index contributed by atoms with van der Waals surface area (Å²) in [7, 11) is -3.51. The van der Waals surface area contributed by atoms with Crippen molar-refractivity contribution in [2.45, 2.75) is 30.4 Å².